The lowest BCUT2D eigenvalue weighted by atomic mass is 10.1. The number of hydrogen-bond acceptors (Lipinski definition) is 2. The van der Waals surface area contributed by atoms with Crippen molar-refractivity contribution in [2.45, 2.75) is 26.8 Å². The van der Waals surface area contributed by atoms with E-state index in [4.69, 9.17) is 4.99 Å². The molecule has 4 nitrogen and oxygen atoms in total. The van der Waals surface area contributed by atoms with Gasteiger partial charge in [-0.1, -0.05) is 48.0 Å². The standard InChI is InChI=1S/C22H30N4.HI/c1-3-23-22(24-15-19-9-7-8-18(2)14-19)25-16-20-12-13-26(17-20)21-10-5-4-6-11-21;/h4-11,14,20H,3,12-13,15-17H2,1-2H3,(H2,23,24,25);1H. The monoisotopic (exact) mass is 478 g/mol. The Bertz CT molecular complexity index is 717. The van der Waals surface area contributed by atoms with E-state index in [0.29, 0.717) is 12.5 Å². The molecule has 1 unspecified atom stereocenters. The summed E-state index contributed by atoms with van der Waals surface area (Å²) in [5.74, 6) is 1.56. The average molecular weight is 478 g/mol. The largest absolute Gasteiger partial charge is 0.371 e. The molecule has 1 fully saturated rings. The van der Waals surface area contributed by atoms with Gasteiger partial charge in [0, 0.05) is 31.9 Å². The van der Waals surface area contributed by atoms with Gasteiger partial charge in [-0.2, -0.15) is 0 Å². The average Bonchev–Trinajstić information content (AvgIpc) is 3.14. The Labute approximate surface area is 180 Å². The van der Waals surface area contributed by atoms with Gasteiger partial charge in [0.15, 0.2) is 5.96 Å². The number of hydrogen-bond donors (Lipinski definition) is 2. The van der Waals surface area contributed by atoms with Gasteiger partial charge < -0.3 is 15.5 Å². The van der Waals surface area contributed by atoms with E-state index >= 15 is 0 Å². The summed E-state index contributed by atoms with van der Waals surface area (Å²) < 4.78 is 0. The molecule has 3 rings (SSSR count). The summed E-state index contributed by atoms with van der Waals surface area (Å²) in [7, 11) is 0. The van der Waals surface area contributed by atoms with E-state index in [9.17, 15) is 0 Å². The van der Waals surface area contributed by atoms with Crippen molar-refractivity contribution in [3.8, 4) is 0 Å². The summed E-state index contributed by atoms with van der Waals surface area (Å²) in [6.07, 6.45) is 1.22. The van der Waals surface area contributed by atoms with Crippen molar-refractivity contribution in [2.24, 2.45) is 10.9 Å². The van der Waals surface area contributed by atoms with E-state index < -0.39 is 0 Å². The van der Waals surface area contributed by atoms with Gasteiger partial charge in [0.2, 0.25) is 0 Å². The first-order valence-corrected chi connectivity index (χ1v) is 9.62. The number of nitrogens with one attached hydrogen (secondary N) is 2. The van der Waals surface area contributed by atoms with Crippen LogP contribution < -0.4 is 15.5 Å². The van der Waals surface area contributed by atoms with Crippen LogP contribution in [0, 0.1) is 12.8 Å². The summed E-state index contributed by atoms with van der Waals surface area (Å²) in [6.45, 7) is 9.01. The van der Waals surface area contributed by atoms with Crippen LogP contribution in [0.25, 0.3) is 0 Å². The zero-order valence-electron chi connectivity index (χ0n) is 16.3. The van der Waals surface area contributed by atoms with Crippen molar-refractivity contribution in [1.82, 2.24) is 10.6 Å². The SMILES string of the molecule is CCNC(=NCc1cccc(C)c1)NCC1CCN(c2ccccc2)C1.I. The highest BCUT2D eigenvalue weighted by Crippen LogP contribution is 2.22. The van der Waals surface area contributed by atoms with Gasteiger partial charge in [0.05, 0.1) is 6.54 Å². The number of benzene rings is 2. The van der Waals surface area contributed by atoms with Crippen LogP contribution in [0.3, 0.4) is 0 Å². The molecule has 0 aromatic heterocycles. The van der Waals surface area contributed by atoms with Gasteiger partial charge in [-0.05, 0) is 43.9 Å². The fraction of sp³-hybridized carbons (Fsp3) is 0.409. The van der Waals surface area contributed by atoms with E-state index in [2.05, 4.69) is 84.0 Å². The number of rotatable bonds is 6. The molecule has 0 radical (unpaired) electrons. The third-order valence-electron chi connectivity index (χ3n) is 4.81. The highest BCUT2D eigenvalue weighted by atomic mass is 127. The highest BCUT2D eigenvalue weighted by molar-refractivity contribution is 14.0. The summed E-state index contributed by atoms with van der Waals surface area (Å²) in [4.78, 5) is 7.22. The Balaban J connectivity index is 0.00000261. The predicted molar refractivity (Wildman–Crippen MR) is 126 cm³/mol. The van der Waals surface area contributed by atoms with Gasteiger partial charge >= 0.3 is 0 Å². The first kappa shape index (κ1) is 21.5. The molecule has 0 aliphatic carbocycles. The van der Waals surface area contributed by atoms with Crippen LogP contribution >= 0.6 is 24.0 Å². The number of aliphatic imine (C=N–C) groups is 1. The molecule has 0 saturated carbocycles. The first-order chi connectivity index (χ1) is 12.7. The maximum absolute atomic E-state index is 4.74. The van der Waals surface area contributed by atoms with Gasteiger partial charge in [-0.3, -0.25) is 0 Å². The molecule has 1 heterocycles. The predicted octanol–water partition coefficient (Wildman–Crippen LogP) is 4.19. The van der Waals surface area contributed by atoms with Crippen LogP contribution in [-0.2, 0) is 6.54 Å². The second kappa shape index (κ2) is 11.2. The zero-order chi connectivity index (χ0) is 18.2. The molecular formula is C22H31IN4. The van der Waals surface area contributed by atoms with Crippen LogP contribution in [0.5, 0.6) is 0 Å². The summed E-state index contributed by atoms with van der Waals surface area (Å²) in [5.41, 5.74) is 3.86. The third-order valence-corrected chi connectivity index (χ3v) is 4.81. The topological polar surface area (TPSA) is 39.7 Å². The molecule has 27 heavy (non-hydrogen) atoms. The zero-order valence-corrected chi connectivity index (χ0v) is 18.6. The lowest BCUT2D eigenvalue weighted by Crippen LogP contribution is -2.40. The summed E-state index contributed by atoms with van der Waals surface area (Å²) in [6, 6.07) is 19.2. The first-order valence-electron chi connectivity index (χ1n) is 9.62. The maximum Gasteiger partial charge on any atom is 0.191 e. The Kier molecular flexibility index (Phi) is 8.91. The van der Waals surface area contributed by atoms with Crippen LogP contribution in [0.1, 0.15) is 24.5 Å². The van der Waals surface area contributed by atoms with Crippen LogP contribution in [-0.4, -0.2) is 32.1 Å². The molecule has 1 aliphatic heterocycles. The van der Waals surface area contributed by atoms with Gasteiger partial charge in [0.25, 0.3) is 0 Å². The number of nitrogens with zero attached hydrogens (tertiary/aromatic N) is 2. The number of halogens is 1. The van der Waals surface area contributed by atoms with E-state index in [-0.39, 0.29) is 24.0 Å². The normalized spacial score (nSPS) is 16.7. The molecule has 0 spiro atoms. The molecule has 2 aromatic rings. The van der Waals surface area contributed by atoms with Crippen LogP contribution in [0.4, 0.5) is 5.69 Å². The van der Waals surface area contributed by atoms with Crippen molar-refractivity contribution in [3.63, 3.8) is 0 Å². The number of anilines is 1. The fourth-order valence-corrected chi connectivity index (χ4v) is 3.44. The van der Waals surface area contributed by atoms with E-state index in [1.807, 2.05) is 0 Å². The number of guanidine groups is 1. The molecular weight excluding hydrogens is 447 g/mol. The van der Waals surface area contributed by atoms with Crippen molar-refractivity contribution < 1.29 is 0 Å². The lowest BCUT2D eigenvalue weighted by molar-refractivity contribution is 0.566. The number of para-hydroxylation sites is 1. The maximum atomic E-state index is 4.74. The second-order valence-corrected chi connectivity index (χ2v) is 7.00. The fourth-order valence-electron chi connectivity index (χ4n) is 3.44. The van der Waals surface area contributed by atoms with Crippen molar-refractivity contribution >= 4 is 35.6 Å². The lowest BCUT2D eigenvalue weighted by Gasteiger charge is -2.19. The minimum Gasteiger partial charge on any atom is -0.371 e. The highest BCUT2D eigenvalue weighted by Gasteiger charge is 2.22. The van der Waals surface area contributed by atoms with Crippen molar-refractivity contribution in [2.75, 3.05) is 31.1 Å². The quantitative estimate of drug-likeness (QED) is 0.372. The Morgan fingerprint density at radius 3 is 2.67 bits per heavy atom. The van der Waals surface area contributed by atoms with Crippen LogP contribution in [0.2, 0.25) is 0 Å². The Hall–Kier alpha value is -1.76. The van der Waals surface area contributed by atoms with E-state index in [0.717, 1.165) is 32.1 Å². The number of aryl methyl sites for hydroxylation is 1. The Morgan fingerprint density at radius 1 is 1.11 bits per heavy atom. The van der Waals surface area contributed by atoms with E-state index in [1.54, 1.807) is 0 Å². The second-order valence-electron chi connectivity index (χ2n) is 7.00. The Morgan fingerprint density at radius 2 is 1.93 bits per heavy atom. The van der Waals surface area contributed by atoms with Gasteiger partial charge in [-0.15, -0.1) is 24.0 Å². The minimum atomic E-state index is 0. The molecule has 146 valence electrons. The molecule has 2 N–H and O–H groups in total. The molecule has 1 atom stereocenters. The minimum absolute atomic E-state index is 0. The van der Waals surface area contributed by atoms with Crippen molar-refractivity contribution in [3.05, 3.63) is 65.7 Å². The molecule has 2 aromatic carbocycles. The van der Waals surface area contributed by atoms with Gasteiger partial charge in [0.1, 0.15) is 0 Å². The molecule has 1 aliphatic rings. The summed E-state index contributed by atoms with van der Waals surface area (Å²) >= 11 is 0. The molecule has 0 bridgehead atoms. The van der Waals surface area contributed by atoms with Crippen LogP contribution in [0.15, 0.2) is 59.6 Å². The van der Waals surface area contributed by atoms with E-state index in [1.165, 1.54) is 23.2 Å². The third kappa shape index (κ3) is 6.72. The molecule has 1 saturated heterocycles. The smallest absolute Gasteiger partial charge is 0.191 e. The molecule has 0 amide bonds. The van der Waals surface area contributed by atoms with Crippen molar-refractivity contribution in [1.29, 1.82) is 0 Å². The van der Waals surface area contributed by atoms with Gasteiger partial charge in [-0.25, -0.2) is 4.99 Å². The molecule has 5 heteroatoms. The summed E-state index contributed by atoms with van der Waals surface area (Å²) in [5, 5.41) is 6.89.